The van der Waals surface area contributed by atoms with Crippen LogP contribution in [0.2, 0.25) is 0 Å². The predicted molar refractivity (Wildman–Crippen MR) is 114 cm³/mol. The molecule has 0 amide bonds. The van der Waals surface area contributed by atoms with Crippen LogP contribution in [0.3, 0.4) is 0 Å². The number of benzene rings is 1. The van der Waals surface area contributed by atoms with Crippen molar-refractivity contribution in [2.24, 2.45) is 0 Å². The Morgan fingerprint density at radius 2 is 1.84 bits per heavy atom. The highest BCUT2D eigenvalue weighted by Gasteiger charge is 2.31. The lowest BCUT2D eigenvalue weighted by molar-refractivity contribution is -0.137. The van der Waals surface area contributed by atoms with Gasteiger partial charge in [-0.25, -0.2) is 22.6 Å². The zero-order valence-corrected chi connectivity index (χ0v) is 18.7. The molecule has 1 aromatic carbocycles. The fourth-order valence-electron chi connectivity index (χ4n) is 3.10. The first kappa shape index (κ1) is 22.2. The Hall–Kier alpha value is -2.99. The zero-order chi connectivity index (χ0) is 23.3. The molecule has 0 aliphatic heterocycles. The highest BCUT2D eigenvalue weighted by atomic mass is 79.9. The second-order valence-electron chi connectivity index (χ2n) is 6.77. The van der Waals surface area contributed by atoms with Crippen molar-refractivity contribution in [3.63, 3.8) is 0 Å². The van der Waals surface area contributed by atoms with Crippen molar-refractivity contribution in [2.75, 3.05) is 5.75 Å². The van der Waals surface area contributed by atoms with Gasteiger partial charge in [0.15, 0.2) is 21.3 Å². The number of fused-ring (bicyclic) bond motifs is 1. The lowest BCUT2D eigenvalue weighted by Crippen LogP contribution is -2.23. The molecule has 0 atom stereocenters. The molecule has 0 saturated carbocycles. The van der Waals surface area contributed by atoms with E-state index < -0.39 is 27.3 Å². The lowest BCUT2D eigenvalue weighted by Gasteiger charge is -2.11. The fourth-order valence-corrected chi connectivity index (χ4v) is 4.65. The third-order valence-electron chi connectivity index (χ3n) is 4.78. The summed E-state index contributed by atoms with van der Waals surface area (Å²) >= 11 is 3.41. The fraction of sp³-hybridized carbons (Fsp3) is 0.150. The molecule has 0 spiro atoms. The van der Waals surface area contributed by atoms with E-state index in [0.29, 0.717) is 30.9 Å². The number of rotatable bonds is 4. The molecular weight excluding hydrogens is 513 g/mol. The molecule has 0 aliphatic carbocycles. The molecule has 3 heterocycles. The van der Waals surface area contributed by atoms with Crippen molar-refractivity contribution < 1.29 is 21.6 Å². The standard InChI is InChI=1S/C20H14BrF3N4O3S/c1-2-32(30,31)16-9-12(14-5-3-4-6-15(14)21)10-25-18(16)28-19(29)27-11-13(20(22,23)24)7-8-17(27)26-28/h3-11H,2H2,1H3. The highest BCUT2D eigenvalue weighted by molar-refractivity contribution is 9.10. The van der Waals surface area contributed by atoms with Gasteiger partial charge in [0.2, 0.25) is 0 Å². The van der Waals surface area contributed by atoms with Crippen LogP contribution in [0, 0.1) is 0 Å². The van der Waals surface area contributed by atoms with Gasteiger partial charge < -0.3 is 0 Å². The third-order valence-corrected chi connectivity index (χ3v) is 7.20. The summed E-state index contributed by atoms with van der Waals surface area (Å²) in [5, 5.41) is 4.00. The molecule has 0 saturated heterocycles. The van der Waals surface area contributed by atoms with Crippen LogP contribution in [0.5, 0.6) is 0 Å². The van der Waals surface area contributed by atoms with Crippen LogP contribution >= 0.6 is 15.9 Å². The number of hydrogen-bond donors (Lipinski definition) is 0. The molecule has 0 bridgehead atoms. The largest absolute Gasteiger partial charge is 0.417 e. The minimum absolute atomic E-state index is 0.0838. The van der Waals surface area contributed by atoms with Gasteiger partial charge in [0, 0.05) is 22.4 Å². The number of alkyl halides is 3. The van der Waals surface area contributed by atoms with Crippen molar-refractivity contribution in [2.45, 2.75) is 18.0 Å². The van der Waals surface area contributed by atoms with E-state index in [1.54, 1.807) is 24.3 Å². The average Bonchev–Trinajstić information content (AvgIpc) is 3.09. The van der Waals surface area contributed by atoms with Crippen LogP contribution in [0.15, 0.2) is 69.0 Å². The Morgan fingerprint density at radius 3 is 2.50 bits per heavy atom. The first-order valence-corrected chi connectivity index (χ1v) is 11.6. The van der Waals surface area contributed by atoms with E-state index in [2.05, 4.69) is 26.0 Å². The van der Waals surface area contributed by atoms with Crippen LogP contribution in [0.4, 0.5) is 13.2 Å². The summed E-state index contributed by atoms with van der Waals surface area (Å²) < 4.78 is 66.9. The predicted octanol–water partition coefficient (Wildman–Crippen LogP) is 4.12. The molecule has 4 aromatic rings. The summed E-state index contributed by atoms with van der Waals surface area (Å²) in [7, 11) is -3.87. The van der Waals surface area contributed by atoms with Gasteiger partial charge in [0.05, 0.1) is 11.3 Å². The Bertz CT molecular complexity index is 1510. The van der Waals surface area contributed by atoms with E-state index in [1.807, 2.05) is 0 Å². The quantitative estimate of drug-likeness (QED) is 0.399. The first-order valence-electron chi connectivity index (χ1n) is 9.19. The summed E-state index contributed by atoms with van der Waals surface area (Å²) in [4.78, 5) is 16.8. The Labute approximate surface area is 188 Å². The third kappa shape index (κ3) is 3.84. The second kappa shape index (κ2) is 7.85. The molecule has 0 unspecified atom stereocenters. The van der Waals surface area contributed by atoms with Crippen molar-refractivity contribution in [3.05, 3.63) is 75.4 Å². The molecule has 7 nitrogen and oxygen atoms in total. The normalized spacial score (nSPS) is 12.4. The molecule has 166 valence electrons. The minimum atomic E-state index is -4.66. The second-order valence-corrected chi connectivity index (χ2v) is 9.87. The maximum absolute atomic E-state index is 13.0. The van der Waals surface area contributed by atoms with E-state index in [-0.39, 0.29) is 22.1 Å². The van der Waals surface area contributed by atoms with Gasteiger partial charge >= 0.3 is 11.9 Å². The number of nitrogens with zero attached hydrogens (tertiary/aromatic N) is 4. The van der Waals surface area contributed by atoms with Crippen LogP contribution in [0.1, 0.15) is 12.5 Å². The summed E-state index contributed by atoms with van der Waals surface area (Å²) in [5.41, 5.74) is -0.940. The zero-order valence-electron chi connectivity index (χ0n) is 16.3. The number of pyridine rings is 2. The summed E-state index contributed by atoms with van der Waals surface area (Å²) in [6, 6.07) is 10.3. The molecule has 32 heavy (non-hydrogen) atoms. The Balaban J connectivity index is 1.98. The SMILES string of the molecule is CCS(=O)(=O)c1cc(-c2ccccc2Br)cnc1-n1nc2ccc(C(F)(F)F)cn2c1=O. The maximum Gasteiger partial charge on any atom is 0.417 e. The topological polar surface area (TPSA) is 86.3 Å². The number of sulfone groups is 1. The lowest BCUT2D eigenvalue weighted by atomic mass is 10.1. The molecule has 0 N–H and O–H groups in total. The van der Waals surface area contributed by atoms with Crippen molar-refractivity contribution >= 4 is 31.4 Å². The van der Waals surface area contributed by atoms with Crippen LogP contribution in [-0.2, 0) is 16.0 Å². The number of halogens is 4. The monoisotopic (exact) mass is 526 g/mol. The number of aromatic nitrogens is 4. The van der Waals surface area contributed by atoms with Crippen LogP contribution in [0.25, 0.3) is 22.6 Å². The Kier molecular flexibility index (Phi) is 5.45. The van der Waals surface area contributed by atoms with Gasteiger partial charge in [0.25, 0.3) is 0 Å². The molecule has 4 rings (SSSR count). The van der Waals surface area contributed by atoms with Crippen molar-refractivity contribution in [1.29, 1.82) is 0 Å². The van der Waals surface area contributed by atoms with Gasteiger partial charge in [-0.3, -0.25) is 0 Å². The number of hydrogen-bond acceptors (Lipinski definition) is 5. The van der Waals surface area contributed by atoms with Crippen LogP contribution < -0.4 is 5.69 Å². The van der Waals surface area contributed by atoms with E-state index in [9.17, 15) is 26.4 Å². The summed E-state index contributed by atoms with van der Waals surface area (Å²) in [6.45, 7) is 1.44. The van der Waals surface area contributed by atoms with Crippen molar-refractivity contribution in [1.82, 2.24) is 19.2 Å². The van der Waals surface area contributed by atoms with Crippen molar-refractivity contribution in [3.8, 4) is 16.9 Å². The van der Waals surface area contributed by atoms with Gasteiger partial charge in [-0.05, 0) is 29.8 Å². The first-order chi connectivity index (χ1) is 15.0. The molecule has 0 radical (unpaired) electrons. The summed E-state index contributed by atoms with van der Waals surface area (Å²) in [6.07, 6.45) is -2.66. The van der Waals surface area contributed by atoms with E-state index in [1.165, 1.54) is 19.2 Å². The van der Waals surface area contributed by atoms with Gasteiger partial charge in [0.1, 0.15) is 4.90 Å². The van der Waals surface area contributed by atoms with Gasteiger partial charge in [-0.1, -0.05) is 41.1 Å². The highest BCUT2D eigenvalue weighted by Crippen LogP contribution is 2.31. The molecule has 0 aliphatic rings. The molecular formula is C20H14BrF3N4O3S. The maximum atomic E-state index is 13.0. The van der Waals surface area contributed by atoms with E-state index >= 15 is 0 Å². The summed E-state index contributed by atoms with van der Waals surface area (Å²) in [5.74, 6) is -0.563. The van der Waals surface area contributed by atoms with E-state index in [4.69, 9.17) is 0 Å². The smallest absolute Gasteiger partial charge is 0.249 e. The minimum Gasteiger partial charge on any atom is -0.249 e. The van der Waals surface area contributed by atoms with Gasteiger partial charge in [-0.2, -0.15) is 17.9 Å². The average molecular weight is 527 g/mol. The molecule has 3 aromatic heterocycles. The Morgan fingerprint density at radius 1 is 1.12 bits per heavy atom. The van der Waals surface area contributed by atoms with Crippen LogP contribution in [-0.4, -0.2) is 33.3 Å². The molecule has 12 heteroatoms. The molecule has 0 fully saturated rings. The van der Waals surface area contributed by atoms with E-state index in [0.717, 1.165) is 12.1 Å². The van der Waals surface area contributed by atoms with Gasteiger partial charge in [-0.15, -0.1) is 5.10 Å².